The van der Waals surface area contributed by atoms with Gasteiger partial charge in [0.2, 0.25) is 0 Å². The zero-order chi connectivity index (χ0) is 20.9. The number of halogens is 1. The number of hydrogen-bond donors (Lipinski definition) is 1. The smallest absolute Gasteiger partial charge is 0.409 e. The largest absolute Gasteiger partial charge is 0.450 e. The van der Waals surface area contributed by atoms with Crippen LogP contribution >= 0.6 is 24.0 Å². The zero-order valence-electron chi connectivity index (χ0n) is 18.3. The van der Waals surface area contributed by atoms with Gasteiger partial charge in [-0.1, -0.05) is 24.3 Å². The van der Waals surface area contributed by atoms with Gasteiger partial charge in [0, 0.05) is 46.4 Å². The first-order chi connectivity index (χ1) is 14.2. The molecule has 0 saturated carbocycles. The molecule has 0 bridgehead atoms. The number of nitrogens with one attached hydrogen (secondary N) is 1. The normalized spacial score (nSPS) is 14.3. The molecular weight excluding hydrogens is 499 g/mol. The van der Waals surface area contributed by atoms with E-state index in [4.69, 9.17) is 14.2 Å². The standard InChI is InChI=1S/C21H34N4O4.HI/c1-4-27-13-14-28-17-19-8-6-7-18(15-19)16-23-20(22-3)24-9-11-25(12-10-24)21(26)29-5-2;/h6-8,15H,4-5,9-14,16-17H2,1-3H3,(H,22,23);1H. The number of piperazine rings is 1. The first-order valence-electron chi connectivity index (χ1n) is 10.3. The second-order valence-corrected chi connectivity index (χ2v) is 6.64. The minimum absolute atomic E-state index is 0. The predicted octanol–water partition coefficient (Wildman–Crippen LogP) is 2.71. The third-order valence-corrected chi connectivity index (χ3v) is 4.60. The molecule has 2 rings (SSSR count). The fourth-order valence-electron chi connectivity index (χ4n) is 3.11. The van der Waals surface area contributed by atoms with Crippen LogP contribution in [0.2, 0.25) is 0 Å². The van der Waals surface area contributed by atoms with Crippen molar-refractivity contribution in [2.75, 3.05) is 59.7 Å². The predicted molar refractivity (Wildman–Crippen MR) is 128 cm³/mol. The van der Waals surface area contributed by atoms with Gasteiger partial charge in [-0.3, -0.25) is 4.99 Å². The Morgan fingerprint density at radius 2 is 1.70 bits per heavy atom. The number of carbonyl (C=O) groups is 1. The summed E-state index contributed by atoms with van der Waals surface area (Å²) in [6, 6.07) is 8.33. The van der Waals surface area contributed by atoms with Crippen molar-refractivity contribution in [1.29, 1.82) is 0 Å². The molecule has 1 heterocycles. The number of amides is 1. The molecule has 9 heteroatoms. The Kier molecular flexibility index (Phi) is 13.4. The van der Waals surface area contributed by atoms with Gasteiger partial charge in [-0.25, -0.2) is 4.79 Å². The Bertz CT molecular complexity index is 652. The first kappa shape index (κ1) is 26.4. The number of hydrogen-bond acceptors (Lipinski definition) is 5. The number of guanidine groups is 1. The number of benzene rings is 1. The van der Waals surface area contributed by atoms with Crippen molar-refractivity contribution >= 4 is 36.0 Å². The van der Waals surface area contributed by atoms with Crippen LogP contribution in [-0.2, 0) is 27.4 Å². The fraction of sp³-hybridized carbons (Fsp3) is 0.619. The molecule has 0 atom stereocenters. The Morgan fingerprint density at radius 1 is 1.03 bits per heavy atom. The van der Waals surface area contributed by atoms with E-state index in [-0.39, 0.29) is 30.1 Å². The number of nitrogens with zero attached hydrogens (tertiary/aromatic N) is 3. The van der Waals surface area contributed by atoms with Crippen molar-refractivity contribution in [2.45, 2.75) is 27.0 Å². The molecular formula is C21H35IN4O4. The molecule has 30 heavy (non-hydrogen) atoms. The summed E-state index contributed by atoms with van der Waals surface area (Å²) in [5.74, 6) is 0.840. The van der Waals surface area contributed by atoms with Gasteiger partial charge in [0.1, 0.15) is 0 Å². The lowest BCUT2D eigenvalue weighted by Crippen LogP contribution is -2.53. The van der Waals surface area contributed by atoms with E-state index in [1.807, 2.05) is 19.9 Å². The van der Waals surface area contributed by atoms with Crippen LogP contribution in [0, 0.1) is 0 Å². The van der Waals surface area contributed by atoms with Gasteiger partial charge < -0.3 is 29.3 Å². The van der Waals surface area contributed by atoms with E-state index in [9.17, 15) is 4.79 Å². The number of carbonyl (C=O) groups excluding carboxylic acids is 1. The lowest BCUT2D eigenvalue weighted by molar-refractivity contribution is 0.0453. The van der Waals surface area contributed by atoms with Gasteiger partial charge in [0.05, 0.1) is 26.4 Å². The van der Waals surface area contributed by atoms with Crippen molar-refractivity contribution in [3.63, 3.8) is 0 Å². The maximum atomic E-state index is 11.8. The quantitative estimate of drug-likeness (QED) is 0.227. The summed E-state index contributed by atoms with van der Waals surface area (Å²) in [6.45, 7) is 10.1. The SMILES string of the molecule is CCOCCOCc1cccc(CNC(=NC)N2CCN(C(=O)OCC)CC2)c1.I. The minimum atomic E-state index is -0.240. The Morgan fingerprint density at radius 3 is 2.37 bits per heavy atom. The van der Waals surface area contributed by atoms with Crippen LogP contribution in [0.4, 0.5) is 4.79 Å². The van der Waals surface area contributed by atoms with E-state index in [1.54, 1.807) is 11.9 Å². The fourth-order valence-corrected chi connectivity index (χ4v) is 3.11. The highest BCUT2D eigenvalue weighted by Gasteiger charge is 2.23. The van der Waals surface area contributed by atoms with Crippen LogP contribution in [0.15, 0.2) is 29.3 Å². The maximum absolute atomic E-state index is 11.8. The summed E-state index contributed by atoms with van der Waals surface area (Å²) in [4.78, 5) is 20.1. The Labute approximate surface area is 197 Å². The van der Waals surface area contributed by atoms with Gasteiger partial charge in [-0.15, -0.1) is 24.0 Å². The van der Waals surface area contributed by atoms with Crippen LogP contribution in [-0.4, -0.2) is 81.5 Å². The lowest BCUT2D eigenvalue weighted by Gasteiger charge is -2.35. The molecule has 1 aliphatic heterocycles. The molecule has 1 N–H and O–H groups in total. The molecule has 1 amide bonds. The lowest BCUT2D eigenvalue weighted by atomic mass is 10.1. The van der Waals surface area contributed by atoms with Crippen molar-refractivity contribution < 1.29 is 19.0 Å². The third kappa shape index (κ3) is 9.05. The van der Waals surface area contributed by atoms with Crippen LogP contribution in [0.5, 0.6) is 0 Å². The van der Waals surface area contributed by atoms with Gasteiger partial charge in [-0.2, -0.15) is 0 Å². The molecule has 8 nitrogen and oxygen atoms in total. The van der Waals surface area contributed by atoms with Crippen molar-refractivity contribution in [3.05, 3.63) is 35.4 Å². The van der Waals surface area contributed by atoms with E-state index in [0.29, 0.717) is 52.7 Å². The first-order valence-corrected chi connectivity index (χ1v) is 10.3. The number of rotatable bonds is 9. The second-order valence-electron chi connectivity index (χ2n) is 6.64. The molecule has 0 aromatic heterocycles. The van der Waals surface area contributed by atoms with E-state index in [1.165, 1.54) is 5.56 Å². The molecule has 1 fully saturated rings. The van der Waals surface area contributed by atoms with E-state index in [2.05, 4.69) is 33.4 Å². The van der Waals surface area contributed by atoms with Crippen LogP contribution in [0.3, 0.4) is 0 Å². The molecule has 0 radical (unpaired) electrons. The summed E-state index contributed by atoms with van der Waals surface area (Å²) in [7, 11) is 1.78. The van der Waals surface area contributed by atoms with E-state index >= 15 is 0 Å². The molecule has 1 aromatic rings. The second kappa shape index (κ2) is 15.2. The molecule has 1 aliphatic rings. The van der Waals surface area contributed by atoms with Crippen molar-refractivity contribution in [3.8, 4) is 0 Å². The van der Waals surface area contributed by atoms with E-state index in [0.717, 1.165) is 24.6 Å². The zero-order valence-corrected chi connectivity index (χ0v) is 20.6. The summed E-state index contributed by atoms with van der Waals surface area (Å²) in [6.07, 6.45) is -0.240. The maximum Gasteiger partial charge on any atom is 0.409 e. The topological polar surface area (TPSA) is 75.6 Å². The minimum Gasteiger partial charge on any atom is -0.450 e. The average molecular weight is 534 g/mol. The summed E-state index contributed by atoms with van der Waals surface area (Å²) >= 11 is 0. The molecule has 0 spiro atoms. The molecule has 1 aromatic carbocycles. The number of aliphatic imine (C=N–C) groups is 1. The van der Waals surface area contributed by atoms with Gasteiger partial charge in [-0.05, 0) is 25.0 Å². The molecule has 170 valence electrons. The highest BCUT2D eigenvalue weighted by molar-refractivity contribution is 14.0. The molecule has 1 saturated heterocycles. The highest BCUT2D eigenvalue weighted by atomic mass is 127. The van der Waals surface area contributed by atoms with Crippen LogP contribution in [0.1, 0.15) is 25.0 Å². The number of ether oxygens (including phenoxy) is 3. The third-order valence-electron chi connectivity index (χ3n) is 4.60. The summed E-state index contributed by atoms with van der Waals surface area (Å²) in [5.41, 5.74) is 2.31. The monoisotopic (exact) mass is 534 g/mol. The van der Waals surface area contributed by atoms with Gasteiger partial charge in [0.15, 0.2) is 5.96 Å². The van der Waals surface area contributed by atoms with Gasteiger partial charge in [0.25, 0.3) is 0 Å². The average Bonchev–Trinajstić information content (AvgIpc) is 2.75. The summed E-state index contributed by atoms with van der Waals surface area (Å²) in [5, 5.41) is 3.42. The van der Waals surface area contributed by atoms with Crippen molar-refractivity contribution in [1.82, 2.24) is 15.1 Å². The Hall–Kier alpha value is -1.59. The van der Waals surface area contributed by atoms with Crippen molar-refractivity contribution in [2.24, 2.45) is 4.99 Å². The van der Waals surface area contributed by atoms with E-state index < -0.39 is 0 Å². The highest BCUT2D eigenvalue weighted by Crippen LogP contribution is 2.08. The Balaban J connectivity index is 0.00000450. The molecule has 0 unspecified atom stereocenters. The summed E-state index contributed by atoms with van der Waals surface area (Å²) < 4.78 is 16.0. The molecule has 0 aliphatic carbocycles. The van der Waals surface area contributed by atoms with Crippen LogP contribution in [0.25, 0.3) is 0 Å². The van der Waals surface area contributed by atoms with Crippen LogP contribution < -0.4 is 5.32 Å². The van der Waals surface area contributed by atoms with Gasteiger partial charge >= 0.3 is 6.09 Å².